The lowest BCUT2D eigenvalue weighted by molar-refractivity contribution is 0.312. The molecule has 2 aromatic rings. The van der Waals surface area contributed by atoms with Crippen molar-refractivity contribution in [2.24, 2.45) is 10.7 Å². The van der Waals surface area contributed by atoms with Gasteiger partial charge in [0.15, 0.2) is 5.96 Å². The van der Waals surface area contributed by atoms with Crippen molar-refractivity contribution in [2.45, 2.75) is 20.4 Å². The molecule has 1 aliphatic rings. The van der Waals surface area contributed by atoms with E-state index in [1.165, 1.54) is 11.1 Å². The van der Waals surface area contributed by atoms with Gasteiger partial charge in [0, 0.05) is 43.6 Å². The molecule has 2 heterocycles. The van der Waals surface area contributed by atoms with E-state index in [4.69, 9.17) is 5.73 Å². The second-order valence-electron chi connectivity index (χ2n) is 6.90. The average molecular weight is 480 g/mol. The van der Waals surface area contributed by atoms with Crippen LogP contribution >= 0.6 is 24.0 Å². The Morgan fingerprint density at radius 2 is 1.89 bits per heavy atom. The molecule has 7 heteroatoms. The van der Waals surface area contributed by atoms with Crippen molar-refractivity contribution < 1.29 is 0 Å². The Hall–Kier alpha value is -1.87. The molecule has 0 unspecified atom stereocenters. The van der Waals surface area contributed by atoms with E-state index >= 15 is 0 Å². The Kier molecular flexibility index (Phi) is 7.85. The van der Waals surface area contributed by atoms with Crippen LogP contribution in [0.5, 0.6) is 0 Å². The fourth-order valence-electron chi connectivity index (χ4n) is 3.03. The van der Waals surface area contributed by atoms with E-state index in [9.17, 15) is 0 Å². The number of nitrogens with zero attached hydrogens (tertiary/aromatic N) is 4. The molecule has 6 nitrogen and oxygen atoms in total. The van der Waals surface area contributed by atoms with Gasteiger partial charge in [-0.25, -0.2) is 9.98 Å². The third-order valence-corrected chi connectivity index (χ3v) is 4.87. The highest BCUT2D eigenvalue weighted by Gasteiger charge is 2.17. The zero-order valence-electron chi connectivity index (χ0n) is 16.3. The van der Waals surface area contributed by atoms with Crippen molar-refractivity contribution >= 4 is 41.4 Å². The number of rotatable bonds is 4. The molecule has 0 amide bonds. The molecule has 0 atom stereocenters. The number of piperazine rings is 1. The van der Waals surface area contributed by atoms with Gasteiger partial charge in [-0.3, -0.25) is 0 Å². The first kappa shape index (κ1) is 21.4. The Labute approximate surface area is 178 Å². The van der Waals surface area contributed by atoms with Gasteiger partial charge in [0.05, 0.1) is 6.54 Å². The van der Waals surface area contributed by atoms with Gasteiger partial charge in [0.25, 0.3) is 0 Å². The van der Waals surface area contributed by atoms with Crippen LogP contribution < -0.4 is 16.0 Å². The summed E-state index contributed by atoms with van der Waals surface area (Å²) in [6.07, 6.45) is 1.84. The summed E-state index contributed by atoms with van der Waals surface area (Å²) in [6.45, 7) is 8.77. The number of benzene rings is 1. The summed E-state index contributed by atoms with van der Waals surface area (Å²) in [5.74, 6) is 1.43. The lowest BCUT2D eigenvalue weighted by atomic mass is 10.1. The molecule has 3 N–H and O–H groups in total. The van der Waals surface area contributed by atoms with Gasteiger partial charge in [-0.2, -0.15) is 0 Å². The van der Waals surface area contributed by atoms with E-state index in [0.717, 1.165) is 43.2 Å². The molecule has 0 saturated carbocycles. The number of likely N-dealkylation sites (N-methyl/N-ethyl adjacent to an activating group) is 1. The molecule has 1 aromatic heterocycles. The summed E-state index contributed by atoms with van der Waals surface area (Å²) in [5, 5.41) is 3.17. The van der Waals surface area contributed by atoms with E-state index in [1.807, 2.05) is 18.3 Å². The molecule has 0 bridgehead atoms. The lowest BCUT2D eigenvalue weighted by Crippen LogP contribution is -2.45. The lowest BCUT2D eigenvalue weighted by Gasteiger charge is -2.34. The van der Waals surface area contributed by atoms with Crippen LogP contribution in [0.1, 0.15) is 16.7 Å². The second kappa shape index (κ2) is 9.89. The van der Waals surface area contributed by atoms with Gasteiger partial charge in [-0.15, -0.1) is 24.0 Å². The largest absolute Gasteiger partial charge is 0.370 e. The zero-order chi connectivity index (χ0) is 18.5. The maximum atomic E-state index is 6.09. The van der Waals surface area contributed by atoms with E-state index in [-0.39, 0.29) is 24.0 Å². The van der Waals surface area contributed by atoms with Crippen LogP contribution in [-0.4, -0.2) is 49.1 Å². The monoisotopic (exact) mass is 480 g/mol. The van der Waals surface area contributed by atoms with Crippen molar-refractivity contribution in [1.29, 1.82) is 0 Å². The van der Waals surface area contributed by atoms with Crippen molar-refractivity contribution in [3.05, 3.63) is 53.2 Å². The maximum Gasteiger partial charge on any atom is 0.193 e. The first-order valence-electron chi connectivity index (χ1n) is 9.04. The van der Waals surface area contributed by atoms with Gasteiger partial charge in [0.2, 0.25) is 0 Å². The fraction of sp³-hybridized carbons (Fsp3) is 0.400. The molecule has 146 valence electrons. The highest BCUT2D eigenvalue weighted by molar-refractivity contribution is 14.0. The van der Waals surface area contributed by atoms with Gasteiger partial charge in [0.1, 0.15) is 5.82 Å². The minimum absolute atomic E-state index is 0. The summed E-state index contributed by atoms with van der Waals surface area (Å²) in [4.78, 5) is 13.8. The van der Waals surface area contributed by atoms with E-state index in [2.05, 4.69) is 64.2 Å². The quantitative estimate of drug-likeness (QED) is 0.400. The average Bonchev–Trinajstić information content (AvgIpc) is 2.64. The smallest absolute Gasteiger partial charge is 0.193 e. The minimum atomic E-state index is 0. The van der Waals surface area contributed by atoms with Crippen LogP contribution in [0.3, 0.4) is 0 Å². The number of hydrogen-bond donors (Lipinski definition) is 2. The Morgan fingerprint density at radius 3 is 2.59 bits per heavy atom. The normalized spacial score (nSPS) is 15.4. The molecule has 1 aromatic carbocycles. The van der Waals surface area contributed by atoms with Crippen molar-refractivity contribution in [3.8, 4) is 0 Å². The Bertz CT molecular complexity index is 784. The number of pyridine rings is 1. The Morgan fingerprint density at radius 1 is 1.15 bits per heavy atom. The van der Waals surface area contributed by atoms with Crippen LogP contribution in [0.15, 0.2) is 41.5 Å². The molecule has 1 aliphatic heterocycles. The van der Waals surface area contributed by atoms with E-state index < -0.39 is 0 Å². The Balaban J connectivity index is 0.00000261. The predicted molar refractivity (Wildman–Crippen MR) is 124 cm³/mol. The first-order valence-corrected chi connectivity index (χ1v) is 9.04. The van der Waals surface area contributed by atoms with Crippen LogP contribution in [0, 0.1) is 13.8 Å². The van der Waals surface area contributed by atoms with Crippen molar-refractivity contribution in [1.82, 2.24) is 9.88 Å². The molecule has 0 radical (unpaired) electrons. The summed E-state index contributed by atoms with van der Waals surface area (Å²) in [5.41, 5.74) is 10.6. The first-order chi connectivity index (χ1) is 12.5. The van der Waals surface area contributed by atoms with Crippen LogP contribution in [0.25, 0.3) is 0 Å². The number of anilines is 2. The molecule has 27 heavy (non-hydrogen) atoms. The standard InChI is InChI=1S/C20H28N6.HI/c1-15-6-7-18(13-16(15)2)24-20(21)23-14-17-5-4-8-22-19(17)26-11-9-25(3)10-12-26;/h4-8,13H,9-12,14H2,1-3H3,(H3,21,23,24);1H. The zero-order valence-corrected chi connectivity index (χ0v) is 18.6. The van der Waals surface area contributed by atoms with E-state index in [0.29, 0.717) is 12.5 Å². The second-order valence-corrected chi connectivity index (χ2v) is 6.90. The van der Waals surface area contributed by atoms with Crippen molar-refractivity contribution in [2.75, 3.05) is 43.4 Å². The molecule has 0 aliphatic carbocycles. The third-order valence-electron chi connectivity index (χ3n) is 4.87. The number of hydrogen-bond acceptors (Lipinski definition) is 4. The number of nitrogens with one attached hydrogen (secondary N) is 1. The highest BCUT2D eigenvalue weighted by atomic mass is 127. The van der Waals surface area contributed by atoms with Gasteiger partial charge < -0.3 is 20.9 Å². The minimum Gasteiger partial charge on any atom is -0.370 e. The maximum absolute atomic E-state index is 6.09. The number of guanidine groups is 1. The number of nitrogens with two attached hydrogens (primary N) is 1. The summed E-state index contributed by atoms with van der Waals surface area (Å²) in [6, 6.07) is 10.2. The molecule has 0 spiro atoms. The molecule has 1 saturated heterocycles. The molecular weight excluding hydrogens is 451 g/mol. The predicted octanol–water partition coefficient (Wildman–Crippen LogP) is 3.00. The van der Waals surface area contributed by atoms with Gasteiger partial charge in [-0.05, 0) is 50.2 Å². The summed E-state index contributed by atoms with van der Waals surface area (Å²) in [7, 11) is 2.15. The van der Waals surface area contributed by atoms with Crippen LogP contribution in [0.4, 0.5) is 11.5 Å². The molecule has 3 rings (SSSR count). The molecular formula is C20H29IN6. The highest BCUT2D eigenvalue weighted by Crippen LogP contribution is 2.20. The van der Waals surface area contributed by atoms with Gasteiger partial charge >= 0.3 is 0 Å². The van der Waals surface area contributed by atoms with Crippen LogP contribution in [0.2, 0.25) is 0 Å². The van der Waals surface area contributed by atoms with Crippen LogP contribution in [-0.2, 0) is 6.54 Å². The number of halogens is 1. The van der Waals surface area contributed by atoms with E-state index in [1.54, 1.807) is 0 Å². The summed E-state index contributed by atoms with van der Waals surface area (Å²) < 4.78 is 0. The SMILES string of the molecule is Cc1ccc(NC(N)=NCc2cccnc2N2CCN(C)CC2)cc1C.I. The number of aromatic nitrogens is 1. The number of aryl methyl sites for hydroxylation is 2. The summed E-state index contributed by atoms with van der Waals surface area (Å²) >= 11 is 0. The topological polar surface area (TPSA) is 69.8 Å². The number of aliphatic imine (C=N–C) groups is 1. The van der Waals surface area contributed by atoms with Crippen molar-refractivity contribution in [3.63, 3.8) is 0 Å². The fourth-order valence-corrected chi connectivity index (χ4v) is 3.03. The molecule has 1 fully saturated rings. The van der Waals surface area contributed by atoms with Gasteiger partial charge in [-0.1, -0.05) is 12.1 Å². The third kappa shape index (κ3) is 5.80.